The largest absolute Gasteiger partial charge is 0.368 e. The molecule has 0 unspecified atom stereocenters. The molecular formula is C26H31N9O. The molecule has 3 aromatic heterocycles. The molecule has 36 heavy (non-hydrogen) atoms. The number of allylic oxidation sites excluding steroid dienone is 2. The molecule has 5 rings (SSSR count). The number of imidazole rings is 1. The summed E-state index contributed by atoms with van der Waals surface area (Å²) in [5.41, 5.74) is 2.35. The summed E-state index contributed by atoms with van der Waals surface area (Å²) >= 11 is 0. The molecule has 0 fully saturated rings. The van der Waals surface area contributed by atoms with E-state index < -0.39 is 5.41 Å². The highest BCUT2D eigenvalue weighted by atomic mass is 16.1. The van der Waals surface area contributed by atoms with Gasteiger partial charge in [0.15, 0.2) is 5.82 Å². The molecule has 0 spiro atoms. The zero-order valence-electron chi connectivity index (χ0n) is 20.6. The summed E-state index contributed by atoms with van der Waals surface area (Å²) in [7, 11) is 0. The van der Waals surface area contributed by atoms with E-state index in [0.717, 1.165) is 54.9 Å². The van der Waals surface area contributed by atoms with Crippen molar-refractivity contribution in [2.45, 2.75) is 58.0 Å². The molecule has 186 valence electrons. The number of rotatable bonds is 10. The number of H-pyrrole nitrogens is 1. The fourth-order valence-electron chi connectivity index (χ4n) is 4.72. The Labute approximate surface area is 209 Å². The molecule has 0 bridgehead atoms. The van der Waals surface area contributed by atoms with Crippen molar-refractivity contribution < 1.29 is 0 Å². The van der Waals surface area contributed by atoms with Gasteiger partial charge in [0, 0.05) is 36.6 Å². The number of aromatic nitrogens is 8. The molecule has 4 heterocycles. The highest BCUT2D eigenvalue weighted by molar-refractivity contribution is 5.57. The molecule has 10 nitrogen and oxygen atoms in total. The van der Waals surface area contributed by atoms with Gasteiger partial charge in [0.1, 0.15) is 5.82 Å². The predicted octanol–water partition coefficient (Wildman–Crippen LogP) is 3.34. The van der Waals surface area contributed by atoms with E-state index in [1.165, 1.54) is 0 Å². The van der Waals surface area contributed by atoms with Crippen molar-refractivity contribution in [3.05, 3.63) is 89.0 Å². The summed E-state index contributed by atoms with van der Waals surface area (Å²) in [6.07, 6.45) is 15.6. The molecule has 1 aromatic carbocycles. The van der Waals surface area contributed by atoms with Crippen LogP contribution >= 0.6 is 0 Å². The van der Waals surface area contributed by atoms with Gasteiger partial charge in [-0.15, -0.1) is 5.10 Å². The van der Waals surface area contributed by atoms with Crippen LogP contribution in [-0.4, -0.2) is 39.5 Å². The monoisotopic (exact) mass is 485 g/mol. The highest BCUT2D eigenvalue weighted by Crippen LogP contribution is 2.33. The average Bonchev–Trinajstić information content (AvgIpc) is 3.66. The van der Waals surface area contributed by atoms with Gasteiger partial charge in [-0.05, 0) is 53.7 Å². The number of benzene rings is 1. The van der Waals surface area contributed by atoms with Crippen LogP contribution in [0.4, 0.5) is 0 Å². The molecule has 10 heteroatoms. The number of hydrogen-bond acceptors (Lipinski definition) is 6. The van der Waals surface area contributed by atoms with Crippen molar-refractivity contribution in [1.82, 2.24) is 44.9 Å². The van der Waals surface area contributed by atoms with Crippen LogP contribution in [0.3, 0.4) is 0 Å². The zero-order chi connectivity index (χ0) is 25.0. The standard InChI is InChI=1S/C26H31N9O/c1-3-5-9-22-18-33(23-10-13-28-35(23)16-4-2)25(36)34(22)19-26(11-14-27-15-12-26)21-8-6-7-20(17-21)24-29-31-32-30-24/h6-8,10-15,17-18,27H,3-5,9,16,19H2,1-2H3,(H,29,30,31,32). The summed E-state index contributed by atoms with van der Waals surface area (Å²) in [5.74, 6) is 1.40. The molecule has 2 N–H and O–H groups in total. The van der Waals surface area contributed by atoms with E-state index in [4.69, 9.17) is 0 Å². The number of unbranched alkanes of at least 4 members (excludes halogenated alkanes) is 1. The van der Waals surface area contributed by atoms with E-state index in [2.05, 4.69) is 69.2 Å². The first-order chi connectivity index (χ1) is 17.6. The fraction of sp³-hybridized carbons (Fsp3) is 0.346. The van der Waals surface area contributed by atoms with E-state index in [1.54, 1.807) is 10.8 Å². The van der Waals surface area contributed by atoms with Gasteiger partial charge in [-0.25, -0.2) is 14.6 Å². The summed E-state index contributed by atoms with van der Waals surface area (Å²) in [6.45, 7) is 5.50. The SMILES string of the molecule is CCCCc1cn(-c2ccnn2CCC)c(=O)n1CC1(c2cccc(-c3nnn[nH]3)c2)C=CNC=C1. The second kappa shape index (κ2) is 10.2. The normalized spacial score (nSPS) is 14.3. The van der Waals surface area contributed by atoms with Gasteiger partial charge >= 0.3 is 5.69 Å². The predicted molar refractivity (Wildman–Crippen MR) is 137 cm³/mol. The Balaban J connectivity index is 1.60. The van der Waals surface area contributed by atoms with E-state index in [0.29, 0.717) is 12.4 Å². The minimum Gasteiger partial charge on any atom is -0.368 e. The first-order valence-corrected chi connectivity index (χ1v) is 12.4. The Morgan fingerprint density at radius 1 is 1.08 bits per heavy atom. The molecule has 1 aliphatic rings. The van der Waals surface area contributed by atoms with Crippen LogP contribution in [0.15, 0.2) is 72.1 Å². The summed E-state index contributed by atoms with van der Waals surface area (Å²) in [5, 5.41) is 21.9. The summed E-state index contributed by atoms with van der Waals surface area (Å²) in [6, 6.07) is 10.0. The van der Waals surface area contributed by atoms with Crippen molar-refractivity contribution in [3.63, 3.8) is 0 Å². The lowest BCUT2D eigenvalue weighted by atomic mass is 9.78. The lowest BCUT2D eigenvalue weighted by Crippen LogP contribution is -2.36. The molecule has 4 aromatic rings. The first-order valence-electron chi connectivity index (χ1n) is 12.4. The van der Waals surface area contributed by atoms with Gasteiger partial charge in [-0.2, -0.15) is 5.10 Å². The van der Waals surface area contributed by atoms with Crippen LogP contribution in [0.25, 0.3) is 17.2 Å². The van der Waals surface area contributed by atoms with Crippen LogP contribution < -0.4 is 11.0 Å². The molecule has 0 amide bonds. The Hall–Kier alpha value is -4.21. The van der Waals surface area contributed by atoms with E-state index in [-0.39, 0.29) is 5.69 Å². The first kappa shape index (κ1) is 23.5. The Morgan fingerprint density at radius 2 is 1.94 bits per heavy atom. The van der Waals surface area contributed by atoms with E-state index in [9.17, 15) is 4.79 Å². The Kier molecular flexibility index (Phi) is 6.66. The molecule has 0 aliphatic carbocycles. The third-order valence-electron chi connectivity index (χ3n) is 6.62. The number of nitrogens with one attached hydrogen (secondary N) is 2. The van der Waals surface area contributed by atoms with Crippen LogP contribution in [0, 0.1) is 0 Å². The quantitative estimate of drug-likeness (QED) is 0.356. The minimum atomic E-state index is -0.532. The number of nitrogens with zero attached hydrogens (tertiary/aromatic N) is 7. The number of dihydropyridines is 1. The maximum atomic E-state index is 13.9. The van der Waals surface area contributed by atoms with Crippen molar-refractivity contribution in [1.29, 1.82) is 0 Å². The van der Waals surface area contributed by atoms with Crippen molar-refractivity contribution in [2.75, 3.05) is 0 Å². The third-order valence-corrected chi connectivity index (χ3v) is 6.62. The average molecular weight is 486 g/mol. The maximum absolute atomic E-state index is 13.9. The van der Waals surface area contributed by atoms with Gasteiger partial charge in [-0.1, -0.05) is 50.6 Å². The molecular weight excluding hydrogens is 454 g/mol. The topological polar surface area (TPSA) is 111 Å². The number of tetrazole rings is 1. The third kappa shape index (κ3) is 4.41. The van der Waals surface area contributed by atoms with Crippen LogP contribution in [0.1, 0.15) is 44.4 Å². The lowest BCUT2D eigenvalue weighted by molar-refractivity contribution is 0.494. The van der Waals surface area contributed by atoms with Gasteiger partial charge in [0.2, 0.25) is 0 Å². The smallest absolute Gasteiger partial charge is 0.334 e. The summed E-state index contributed by atoms with van der Waals surface area (Å²) in [4.78, 5) is 13.9. The zero-order valence-corrected chi connectivity index (χ0v) is 20.6. The van der Waals surface area contributed by atoms with Crippen LogP contribution in [0.2, 0.25) is 0 Å². The van der Waals surface area contributed by atoms with Gasteiger partial charge in [-0.3, -0.25) is 9.13 Å². The second-order valence-electron chi connectivity index (χ2n) is 9.08. The van der Waals surface area contributed by atoms with Gasteiger partial charge in [0.25, 0.3) is 0 Å². The van der Waals surface area contributed by atoms with Crippen molar-refractivity contribution in [2.24, 2.45) is 0 Å². The highest BCUT2D eigenvalue weighted by Gasteiger charge is 2.31. The van der Waals surface area contributed by atoms with Crippen molar-refractivity contribution >= 4 is 0 Å². The van der Waals surface area contributed by atoms with Gasteiger partial charge < -0.3 is 5.32 Å². The summed E-state index contributed by atoms with van der Waals surface area (Å²) < 4.78 is 5.55. The molecule has 1 aliphatic heterocycles. The molecule has 0 radical (unpaired) electrons. The number of aromatic amines is 1. The molecule has 0 saturated carbocycles. The fourth-order valence-corrected chi connectivity index (χ4v) is 4.72. The number of aryl methyl sites for hydroxylation is 2. The number of hydrogen-bond donors (Lipinski definition) is 2. The van der Waals surface area contributed by atoms with E-state index in [1.807, 2.05) is 46.0 Å². The molecule has 0 atom stereocenters. The van der Waals surface area contributed by atoms with Gasteiger partial charge in [0.05, 0.1) is 11.6 Å². The Bertz CT molecular complexity index is 1410. The van der Waals surface area contributed by atoms with Crippen LogP contribution in [-0.2, 0) is 24.9 Å². The minimum absolute atomic E-state index is 0.0609. The van der Waals surface area contributed by atoms with Crippen LogP contribution in [0.5, 0.6) is 0 Å². The second-order valence-corrected chi connectivity index (χ2v) is 9.08. The maximum Gasteiger partial charge on any atom is 0.334 e. The van der Waals surface area contributed by atoms with Crippen molar-refractivity contribution in [3.8, 4) is 17.2 Å². The molecule has 0 saturated heterocycles. The van der Waals surface area contributed by atoms with E-state index >= 15 is 0 Å². The Morgan fingerprint density at radius 3 is 2.69 bits per heavy atom. The lowest BCUT2D eigenvalue weighted by Gasteiger charge is -2.31.